The van der Waals surface area contributed by atoms with Gasteiger partial charge in [-0.3, -0.25) is 9.59 Å². The molecule has 0 unspecified atom stereocenters. The largest absolute Gasteiger partial charge is 0.475 e. The molecule has 0 bridgehead atoms. The molecule has 0 fully saturated rings. The van der Waals surface area contributed by atoms with Crippen molar-refractivity contribution in [3.8, 4) is 5.75 Å². The molecule has 0 saturated carbocycles. The quantitative estimate of drug-likeness (QED) is 0.333. The summed E-state index contributed by atoms with van der Waals surface area (Å²) in [6, 6.07) is 6.99. The Kier molecular flexibility index (Phi) is 7.64. The van der Waals surface area contributed by atoms with Gasteiger partial charge in [-0.25, -0.2) is 0 Å². The summed E-state index contributed by atoms with van der Waals surface area (Å²) in [6.45, 7) is 4.00. The standard InChI is InChI=1S/C19H11F7O3S.C2H6/c20-17(21,22)12-4-2-1-3-11(12)14(28)7-6-13(27)10-5-8-15-16(9-10)30-19(25,26)18(23,24)29-15;1-2/h1-5,8-9H,6-7H2;1-2H3. The predicted molar refractivity (Wildman–Crippen MR) is 104 cm³/mol. The Balaban J connectivity index is 0.00000176. The van der Waals surface area contributed by atoms with Gasteiger partial charge in [0, 0.05) is 24.0 Å². The van der Waals surface area contributed by atoms with Crippen LogP contribution in [-0.2, 0) is 6.18 Å². The smallest absolute Gasteiger partial charge is 0.426 e. The third-order valence-corrected chi connectivity index (χ3v) is 5.23. The van der Waals surface area contributed by atoms with Gasteiger partial charge in [-0.1, -0.05) is 32.0 Å². The highest BCUT2D eigenvalue weighted by Crippen LogP contribution is 2.54. The maximum Gasteiger partial charge on any atom is 0.475 e. The van der Waals surface area contributed by atoms with E-state index in [2.05, 4.69) is 4.74 Å². The second-order valence-electron chi connectivity index (χ2n) is 6.29. The summed E-state index contributed by atoms with van der Waals surface area (Å²) < 4.78 is 96.3. The molecule has 0 radical (unpaired) electrons. The molecule has 2 aromatic carbocycles. The lowest BCUT2D eigenvalue weighted by atomic mass is 9.98. The molecule has 0 spiro atoms. The molecule has 11 heteroatoms. The van der Waals surface area contributed by atoms with Gasteiger partial charge in [-0.15, -0.1) is 0 Å². The average Bonchev–Trinajstić information content (AvgIpc) is 2.72. The van der Waals surface area contributed by atoms with E-state index in [1.807, 2.05) is 13.8 Å². The molecule has 3 nitrogen and oxygen atoms in total. The summed E-state index contributed by atoms with van der Waals surface area (Å²) in [5.41, 5.74) is -1.88. The van der Waals surface area contributed by atoms with Crippen LogP contribution in [-0.4, -0.2) is 22.9 Å². The zero-order valence-corrected chi connectivity index (χ0v) is 17.6. The molecule has 174 valence electrons. The Morgan fingerprint density at radius 3 is 2.16 bits per heavy atom. The van der Waals surface area contributed by atoms with Gasteiger partial charge in [-0.2, -0.15) is 30.7 Å². The highest BCUT2D eigenvalue weighted by molar-refractivity contribution is 8.00. The Morgan fingerprint density at radius 2 is 1.53 bits per heavy atom. The predicted octanol–water partition coefficient (Wildman–Crippen LogP) is 7.25. The van der Waals surface area contributed by atoms with Gasteiger partial charge in [0.15, 0.2) is 11.6 Å². The first-order chi connectivity index (χ1) is 14.8. The third-order valence-electron chi connectivity index (χ3n) is 4.19. The molecular formula is C21H17F7O3S. The number of carbonyl (C=O) groups is 2. The number of carbonyl (C=O) groups excluding carboxylic acids is 2. The first kappa shape index (κ1) is 25.7. The van der Waals surface area contributed by atoms with Gasteiger partial charge >= 0.3 is 17.5 Å². The number of benzene rings is 2. The van der Waals surface area contributed by atoms with Gasteiger partial charge in [0.05, 0.1) is 10.5 Å². The average molecular weight is 482 g/mol. The first-order valence-electron chi connectivity index (χ1n) is 9.32. The Hall–Kier alpha value is -2.56. The summed E-state index contributed by atoms with van der Waals surface area (Å²) in [5.74, 6) is -2.18. The lowest BCUT2D eigenvalue weighted by Gasteiger charge is -2.31. The normalized spacial score (nSPS) is 16.2. The second kappa shape index (κ2) is 9.51. The molecule has 1 aliphatic rings. The molecule has 0 aliphatic carbocycles. The molecule has 3 rings (SSSR count). The summed E-state index contributed by atoms with van der Waals surface area (Å²) in [4.78, 5) is 24.1. The fourth-order valence-corrected chi connectivity index (χ4v) is 3.55. The first-order valence-corrected chi connectivity index (χ1v) is 10.1. The van der Waals surface area contributed by atoms with Crippen LogP contribution in [0.5, 0.6) is 5.75 Å². The van der Waals surface area contributed by atoms with Crippen molar-refractivity contribution in [1.82, 2.24) is 0 Å². The van der Waals surface area contributed by atoms with E-state index in [1.54, 1.807) is 0 Å². The van der Waals surface area contributed by atoms with Crippen LogP contribution in [0.2, 0.25) is 0 Å². The number of thioether (sulfide) groups is 1. The second-order valence-corrected chi connectivity index (χ2v) is 7.45. The lowest BCUT2D eigenvalue weighted by molar-refractivity contribution is -0.273. The topological polar surface area (TPSA) is 43.4 Å². The number of rotatable bonds is 5. The minimum atomic E-state index is -4.75. The monoisotopic (exact) mass is 482 g/mol. The number of ketones is 2. The van der Waals surface area contributed by atoms with Gasteiger partial charge in [0.1, 0.15) is 5.75 Å². The zero-order valence-electron chi connectivity index (χ0n) is 16.7. The molecule has 1 aliphatic heterocycles. The molecule has 0 aromatic heterocycles. The number of ether oxygens (including phenoxy) is 1. The van der Waals surface area contributed by atoms with E-state index in [-0.39, 0.29) is 5.56 Å². The van der Waals surface area contributed by atoms with Crippen molar-refractivity contribution in [2.75, 3.05) is 0 Å². The van der Waals surface area contributed by atoms with E-state index in [0.717, 1.165) is 36.4 Å². The van der Waals surface area contributed by atoms with E-state index in [9.17, 15) is 40.3 Å². The number of hydrogen-bond acceptors (Lipinski definition) is 4. The Labute approximate surface area is 182 Å². The maximum absolute atomic E-state index is 13.4. The third kappa shape index (κ3) is 5.43. The highest BCUT2D eigenvalue weighted by Gasteiger charge is 2.63. The minimum Gasteiger partial charge on any atom is -0.426 e. The van der Waals surface area contributed by atoms with Crippen molar-refractivity contribution in [2.24, 2.45) is 0 Å². The summed E-state index contributed by atoms with van der Waals surface area (Å²) in [7, 11) is 0. The van der Waals surface area contributed by atoms with Crippen LogP contribution in [0, 0.1) is 0 Å². The molecule has 0 amide bonds. The number of fused-ring (bicyclic) bond motifs is 1. The lowest BCUT2D eigenvalue weighted by Crippen LogP contribution is -2.45. The Bertz CT molecular complexity index is 1000. The summed E-state index contributed by atoms with van der Waals surface area (Å²) in [6.07, 6.45) is -10.5. The fourth-order valence-electron chi connectivity index (χ4n) is 2.72. The fraction of sp³-hybridized carbons (Fsp3) is 0.333. The molecule has 0 N–H and O–H groups in total. The Morgan fingerprint density at radius 1 is 0.938 bits per heavy atom. The minimum absolute atomic E-state index is 0.164. The van der Waals surface area contributed by atoms with Crippen LogP contribution in [0.1, 0.15) is 53.0 Å². The van der Waals surface area contributed by atoms with Crippen molar-refractivity contribution in [1.29, 1.82) is 0 Å². The van der Waals surface area contributed by atoms with Crippen molar-refractivity contribution in [3.05, 3.63) is 59.2 Å². The highest BCUT2D eigenvalue weighted by atomic mass is 32.2. The van der Waals surface area contributed by atoms with Crippen LogP contribution in [0.15, 0.2) is 47.4 Å². The van der Waals surface area contributed by atoms with E-state index in [4.69, 9.17) is 0 Å². The van der Waals surface area contributed by atoms with E-state index >= 15 is 0 Å². The molecule has 0 atom stereocenters. The SMILES string of the molecule is CC.O=C(CCC(=O)c1ccccc1C(F)(F)F)c1ccc2c(c1)SC(F)(F)C(F)(F)O2. The summed E-state index contributed by atoms with van der Waals surface area (Å²) in [5, 5.41) is -4.56. The molecular weight excluding hydrogens is 465 g/mol. The van der Waals surface area contributed by atoms with E-state index in [0.29, 0.717) is 0 Å². The van der Waals surface area contributed by atoms with Crippen LogP contribution in [0.25, 0.3) is 0 Å². The van der Waals surface area contributed by atoms with Crippen molar-refractivity contribution < 1.29 is 45.1 Å². The number of Topliss-reactive ketones (excluding diaryl/α,β-unsaturated/α-hetero) is 2. The van der Waals surface area contributed by atoms with E-state index < -0.39 is 75.5 Å². The number of halogens is 7. The molecule has 1 heterocycles. The van der Waals surface area contributed by atoms with Crippen LogP contribution in [0.4, 0.5) is 30.7 Å². The van der Waals surface area contributed by atoms with Gasteiger partial charge in [-0.05, 0) is 36.0 Å². The van der Waals surface area contributed by atoms with Crippen LogP contribution >= 0.6 is 11.8 Å². The molecule has 32 heavy (non-hydrogen) atoms. The van der Waals surface area contributed by atoms with Crippen molar-refractivity contribution >= 4 is 23.3 Å². The van der Waals surface area contributed by atoms with Crippen molar-refractivity contribution in [2.45, 2.75) is 49.1 Å². The van der Waals surface area contributed by atoms with Gasteiger partial charge < -0.3 is 4.74 Å². The zero-order chi connectivity index (χ0) is 24.3. The van der Waals surface area contributed by atoms with Crippen LogP contribution in [0.3, 0.4) is 0 Å². The number of alkyl halides is 7. The van der Waals surface area contributed by atoms with Crippen molar-refractivity contribution in [3.63, 3.8) is 0 Å². The number of hydrogen-bond donors (Lipinski definition) is 0. The van der Waals surface area contributed by atoms with Gasteiger partial charge in [0.25, 0.3) is 0 Å². The van der Waals surface area contributed by atoms with Crippen LogP contribution < -0.4 is 4.74 Å². The van der Waals surface area contributed by atoms with E-state index in [1.165, 1.54) is 6.07 Å². The van der Waals surface area contributed by atoms with Gasteiger partial charge in [0.2, 0.25) is 0 Å². The maximum atomic E-state index is 13.4. The molecule has 0 saturated heterocycles. The summed E-state index contributed by atoms with van der Waals surface area (Å²) >= 11 is -0.474. The molecule has 2 aromatic rings.